The maximum atomic E-state index is 14.5. The standard InChI is InChI=1S/C32H42O3/c1-12-20-13-22(29(6,7)8)18(4)25-21(20)14-30(9)16-31(10)15-23(33)24(17(2)3)28(35)32(31,11)19(5)26(30)27(25)34/h13,35H,2,12,14-16H2,1,3-11H3/t30-,31+,32+/m1/s1. The number of aliphatic hydroxyl groups is 1. The van der Waals surface area contributed by atoms with Crippen LogP contribution in [0.3, 0.4) is 0 Å². The van der Waals surface area contributed by atoms with E-state index in [1.54, 1.807) is 6.92 Å². The van der Waals surface area contributed by atoms with Crippen LogP contribution in [0, 0.1) is 23.2 Å². The quantitative estimate of drug-likeness (QED) is 0.478. The predicted molar refractivity (Wildman–Crippen MR) is 143 cm³/mol. The molecule has 0 spiro atoms. The number of benzene rings is 1. The van der Waals surface area contributed by atoms with Gasteiger partial charge in [0.05, 0.1) is 11.0 Å². The van der Waals surface area contributed by atoms with E-state index in [-0.39, 0.29) is 28.2 Å². The highest BCUT2D eigenvalue weighted by Gasteiger charge is 2.62. The van der Waals surface area contributed by atoms with Crippen LogP contribution in [0.15, 0.2) is 40.7 Å². The van der Waals surface area contributed by atoms with Crippen molar-refractivity contribution in [3.8, 4) is 0 Å². The Kier molecular flexibility index (Phi) is 5.53. The highest BCUT2D eigenvalue weighted by molar-refractivity contribution is 6.14. The number of aryl methyl sites for hydroxylation is 1. The summed E-state index contributed by atoms with van der Waals surface area (Å²) in [6.07, 6.45) is 2.69. The molecule has 3 aliphatic rings. The van der Waals surface area contributed by atoms with Crippen molar-refractivity contribution >= 4 is 11.6 Å². The lowest BCUT2D eigenvalue weighted by Gasteiger charge is -2.59. The second-order valence-corrected chi connectivity index (χ2v) is 13.2. The molecular formula is C32H42O3. The molecule has 1 aromatic carbocycles. The Labute approximate surface area is 211 Å². The molecule has 0 fully saturated rings. The number of hydrogen-bond acceptors (Lipinski definition) is 3. The van der Waals surface area contributed by atoms with Gasteiger partial charge in [0.2, 0.25) is 0 Å². The Morgan fingerprint density at radius 1 is 1.11 bits per heavy atom. The van der Waals surface area contributed by atoms with Crippen molar-refractivity contribution in [2.45, 2.75) is 100 Å². The molecule has 0 aromatic heterocycles. The van der Waals surface area contributed by atoms with Gasteiger partial charge in [0.25, 0.3) is 0 Å². The maximum Gasteiger partial charge on any atom is 0.190 e. The first-order valence-electron chi connectivity index (χ1n) is 13.0. The number of Topliss-reactive ketones (excluding diaryl/α,β-unsaturated/α-hetero) is 2. The van der Waals surface area contributed by atoms with Gasteiger partial charge in [0.15, 0.2) is 11.6 Å². The lowest BCUT2D eigenvalue weighted by Crippen LogP contribution is -2.55. The molecule has 0 saturated heterocycles. The summed E-state index contributed by atoms with van der Waals surface area (Å²) in [6, 6.07) is 2.32. The average molecular weight is 475 g/mol. The SMILES string of the molecule is C=C(C)C1=C(O)[C@]2(C)C(C)=C3C(=O)c4c(C)c(C(C)(C)C)cc(CC)c4C[C@]3(C)C[C@]2(C)CC1=O. The van der Waals surface area contributed by atoms with Crippen molar-refractivity contribution in [1.82, 2.24) is 0 Å². The second-order valence-electron chi connectivity index (χ2n) is 13.2. The predicted octanol–water partition coefficient (Wildman–Crippen LogP) is 7.69. The summed E-state index contributed by atoms with van der Waals surface area (Å²) in [5.41, 5.74) is 6.56. The highest BCUT2D eigenvalue weighted by Crippen LogP contribution is 2.67. The van der Waals surface area contributed by atoms with Gasteiger partial charge < -0.3 is 5.11 Å². The Morgan fingerprint density at radius 3 is 2.23 bits per heavy atom. The van der Waals surface area contributed by atoms with Crippen molar-refractivity contribution in [1.29, 1.82) is 0 Å². The Morgan fingerprint density at radius 2 is 1.71 bits per heavy atom. The third-order valence-corrected chi connectivity index (χ3v) is 9.68. The summed E-state index contributed by atoms with van der Waals surface area (Å²) < 4.78 is 0. The first kappa shape index (κ1) is 25.7. The molecule has 0 aliphatic heterocycles. The zero-order chi connectivity index (χ0) is 26.5. The van der Waals surface area contributed by atoms with Crippen LogP contribution in [-0.2, 0) is 23.1 Å². The zero-order valence-corrected chi connectivity index (χ0v) is 23.4. The number of rotatable bonds is 2. The van der Waals surface area contributed by atoms with Gasteiger partial charge in [-0.3, -0.25) is 9.59 Å². The fourth-order valence-corrected chi connectivity index (χ4v) is 7.85. The Balaban J connectivity index is 2.08. The lowest BCUT2D eigenvalue weighted by molar-refractivity contribution is -0.123. The molecule has 0 heterocycles. The van der Waals surface area contributed by atoms with E-state index in [0.717, 1.165) is 35.1 Å². The summed E-state index contributed by atoms with van der Waals surface area (Å²) in [5, 5.41) is 11.6. The molecule has 3 aliphatic carbocycles. The Bertz CT molecular complexity index is 1260. The van der Waals surface area contributed by atoms with E-state index >= 15 is 0 Å². The molecular weight excluding hydrogens is 432 g/mol. The molecule has 0 saturated carbocycles. The van der Waals surface area contributed by atoms with Crippen LogP contribution in [0.2, 0.25) is 0 Å². The van der Waals surface area contributed by atoms with Gasteiger partial charge in [0, 0.05) is 23.0 Å². The molecule has 188 valence electrons. The van der Waals surface area contributed by atoms with Crippen LogP contribution in [0.1, 0.15) is 108 Å². The number of allylic oxidation sites excluding steroid dienone is 4. The number of fused-ring (bicyclic) bond motifs is 3. The highest BCUT2D eigenvalue weighted by atomic mass is 16.3. The largest absolute Gasteiger partial charge is 0.511 e. The van der Waals surface area contributed by atoms with E-state index in [9.17, 15) is 14.7 Å². The van der Waals surface area contributed by atoms with E-state index in [4.69, 9.17) is 0 Å². The number of hydrogen-bond donors (Lipinski definition) is 1. The van der Waals surface area contributed by atoms with Gasteiger partial charge in [-0.1, -0.05) is 59.8 Å². The van der Waals surface area contributed by atoms with Gasteiger partial charge in [-0.15, -0.1) is 0 Å². The van der Waals surface area contributed by atoms with Gasteiger partial charge >= 0.3 is 0 Å². The monoisotopic (exact) mass is 474 g/mol. The average Bonchev–Trinajstić information content (AvgIpc) is 2.69. The van der Waals surface area contributed by atoms with E-state index in [2.05, 4.69) is 61.1 Å². The molecule has 0 radical (unpaired) electrons. The van der Waals surface area contributed by atoms with Crippen molar-refractivity contribution in [3.63, 3.8) is 0 Å². The lowest BCUT2D eigenvalue weighted by atomic mass is 9.43. The second kappa shape index (κ2) is 7.54. The van der Waals surface area contributed by atoms with Crippen molar-refractivity contribution in [2.75, 3.05) is 0 Å². The molecule has 3 heteroatoms. The van der Waals surface area contributed by atoms with E-state index in [1.807, 2.05) is 13.8 Å². The van der Waals surface area contributed by atoms with Crippen LogP contribution >= 0.6 is 0 Å². The van der Waals surface area contributed by atoms with E-state index in [1.165, 1.54) is 16.7 Å². The van der Waals surface area contributed by atoms with Gasteiger partial charge in [-0.25, -0.2) is 0 Å². The fraction of sp³-hybridized carbons (Fsp3) is 0.562. The first-order chi connectivity index (χ1) is 15.9. The molecule has 1 N–H and O–H groups in total. The maximum absolute atomic E-state index is 14.5. The van der Waals surface area contributed by atoms with Crippen molar-refractivity contribution in [3.05, 3.63) is 68.5 Å². The molecule has 0 unspecified atom stereocenters. The van der Waals surface area contributed by atoms with Crippen LogP contribution in [0.4, 0.5) is 0 Å². The summed E-state index contributed by atoms with van der Waals surface area (Å²) in [4.78, 5) is 27.7. The molecule has 1 aromatic rings. The van der Waals surface area contributed by atoms with Crippen molar-refractivity contribution < 1.29 is 14.7 Å². The molecule has 35 heavy (non-hydrogen) atoms. The number of aliphatic hydroxyl groups excluding tert-OH is 1. The zero-order valence-electron chi connectivity index (χ0n) is 23.4. The van der Waals surface area contributed by atoms with Crippen LogP contribution in [0.5, 0.6) is 0 Å². The molecule has 3 nitrogen and oxygen atoms in total. The third kappa shape index (κ3) is 3.22. The van der Waals surface area contributed by atoms with E-state index < -0.39 is 10.8 Å². The molecule has 0 bridgehead atoms. The summed E-state index contributed by atoms with van der Waals surface area (Å²) in [7, 11) is 0. The fourth-order valence-electron chi connectivity index (χ4n) is 7.85. The number of ketones is 2. The summed E-state index contributed by atoms with van der Waals surface area (Å²) in [5.74, 6) is 0.149. The smallest absolute Gasteiger partial charge is 0.190 e. The minimum absolute atomic E-state index is 0.0442. The normalized spacial score (nSPS) is 30.8. The topological polar surface area (TPSA) is 54.4 Å². The first-order valence-corrected chi connectivity index (χ1v) is 13.0. The molecule has 4 rings (SSSR count). The van der Waals surface area contributed by atoms with Crippen molar-refractivity contribution in [2.24, 2.45) is 16.2 Å². The minimum Gasteiger partial charge on any atom is -0.511 e. The minimum atomic E-state index is -0.791. The third-order valence-electron chi connectivity index (χ3n) is 9.68. The van der Waals surface area contributed by atoms with E-state index in [0.29, 0.717) is 24.0 Å². The summed E-state index contributed by atoms with van der Waals surface area (Å²) >= 11 is 0. The Hall–Kier alpha value is -2.42. The van der Waals surface area contributed by atoms with Gasteiger partial charge in [0.1, 0.15) is 5.76 Å². The molecule has 3 atom stereocenters. The van der Waals surface area contributed by atoms with Gasteiger partial charge in [-0.05, 0) is 85.6 Å². The number of carbonyl (C=O) groups is 2. The molecule has 0 amide bonds. The van der Waals surface area contributed by atoms with Crippen LogP contribution in [0.25, 0.3) is 0 Å². The van der Waals surface area contributed by atoms with Crippen LogP contribution < -0.4 is 0 Å². The number of carbonyl (C=O) groups excluding carboxylic acids is 2. The van der Waals surface area contributed by atoms with Gasteiger partial charge in [-0.2, -0.15) is 0 Å². The van der Waals surface area contributed by atoms with Crippen LogP contribution in [-0.4, -0.2) is 16.7 Å². The summed E-state index contributed by atoms with van der Waals surface area (Å²) in [6.45, 7) is 25.0.